The number of hydrogen-bond acceptors (Lipinski definition) is 3. The van der Waals surface area contributed by atoms with Crippen molar-refractivity contribution in [3.63, 3.8) is 0 Å². The monoisotopic (exact) mass is 246 g/mol. The lowest BCUT2D eigenvalue weighted by Crippen LogP contribution is -2.17. The molecule has 3 heteroatoms. The molecule has 0 aliphatic carbocycles. The Hall–Kier alpha value is -1.19. The van der Waals surface area contributed by atoms with Crippen molar-refractivity contribution in [3.05, 3.63) is 51.0 Å². The molecule has 0 aliphatic rings. The van der Waals surface area contributed by atoms with Crippen molar-refractivity contribution in [2.75, 3.05) is 7.05 Å². The fraction of sp³-hybridized carbons (Fsp3) is 0.357. The van der Waals surface area contributed by atoms with Crippen molar-refractivity contribution >= 4 is 11.3 Å². The Bertz CT molecular complexity index is 496. The zero-order valence-electron chi connectivity index (χ0n) is 10.7. The van der Waals surface area contributed by atoms with E-state index in [9.17, 15) is 0 Å². The highest BCUT2D eigenvalue weighted by molar-refractivity contribution is 7.09. The molecule has 0 amide bonds. The minimum Gasteiger partial charge on any atom is -0.309 e. The summed E-state index contributed by atoms with van der Waals surface area (Å²) in [4.78, 5) is 5.64. The summed E-state index contributed by atoms with van der Waals surface area (Å²) in [6, 6.07) is 6.94. The third kappa shape index (κ3) is 2.56. The van der Waals surface area contributed by atoms with Gasteiger partial charge in [-0.1, -0.05) is 29.3 Å². The molecule has 0 fully saturated rings. The number of nitrogens with one attached hydrogen (secondary N) is 1. The lowest BCUT2D eigenvalue weighted by Gasteiger charge is -2.17. The predicted octanol–water partition coefficient (Wildman–Crippen LogP) is 3.38. The molecule has 0 saturated carbocycles. The topological polar surface area (TPSA) is 24.9 Å². The fourth-order valence-electron chi connectivity index (χ4n) is 2.21. The van der Waals surface area contributed by atoms with Gasteiger partial charge < -0.3 is 5.32 Å². The first kappa shape index (κ1) is 12.3. The molecule has 2 rings (SSSR count). The van der Waals surface area contributed by atoms with Crippen molar-refractivity contribution in [2.45, 2.75) is 26.8 Å². The number of benzene rings is 1. The zero-order chi connectivity index (χ0) is 12.4. The molecule has 0 radical (unpaired) electrons. The maximum atomic E-state index is 4.33. The molecule has 0 spiro atoms. The molecule has 1 heterocycles. The van der Waals surface area contributed by atoms with E-state index >= 15 is 0 Å². The normalized spacial score (nSPS) is 12.7. The van der Waals surface area contributed by atoms with E-state index in [0.29, 0.717) is 0 Å². The third-order valence-corrected chi connectivity index (χ3v) is 3.91. The molecule has 1 aromatic carbocycles. The molecule has 2 aromatic rings. The van der Waals surface area contributed by atoms with E-state index in [4.69, 9.17) is 0 Å². The van der Waals surface area contributed by atoms with E-state index in [1.54, 1.807) is 11.3 Å². The third-order valence-electron chi connectivity index (χ3n) is 2.91. The minimum atomic E-state index is 0.251. The Balaban J connectivity index is 2.45. The highest BCUT2D eigenvalue weighted by Crippen LogP contribution is 2.28. The smallest absolute Gasteiger partial charge is 0.0798 e. The van der Waals surface area contributed by atoms with Gasteiger partial charge in [0.1, 0.15) is 0 Å². The number of rotatable bonds is 3. The van der Waals surface area contributed by atoms with E-state index in [0.717, 1.165) is 5.69 Å². The Kier molecular flexibility index (Phi) is 3.60. The Morgan fingerprint density at radius 3 is 2.24 bits per heavy atom. The maximum absolute atomic E-state index is 4.33. The van der Waals surface area contributed by atoms with Gasteiger partial charge in [-0.05, 0) is 33.4 Å². The Morgan fingerprint density at radius 1 is 1.12 bits per heavy atom. The van der Waals surface area contributed by atoms with Crippen molar-refractivity contribution < 1.29 is 0 Å². The number of aromatic nitrogens is 1. The zero-order valence-corrected chi connectivity index (χ0v) is 11.6. The van der Waals surface area contributed by atoms with Crippen molar-refractivity contribution in [1.29, 1.82) is 0 Å². The molecule has 0 aliphatic heterocycles. The van der Waals surface area contributed by atoms with Gasteiger partial charge in [0.15, 0.2) is 0 Å². The first-order valence-corrected chi connectivity index (χ1v) is 6.65. The van der Waals surface area contributed by atoms with Crippen LogP contribution in [0.15, 0.2) is 23.7 Å². The average Bonchev–Trinajstić information content (AvgIpc) is 2.65. The molecular formula is C14H18N2S. The van der Waals surface area contributed by atoms with E-state index in [1.165, 1.54) is 21.6 Å². The fourth-order valence-corrected chi connectivity index (χ4v) is 3.15. The molecule has 1 aromatic heterocycles. The standard InChI is InChI=1S/C14H18N2S/c1-9-5-10(2)7-12(6-9)13(15-4)14-11(3)16-8-17-14/h5-8,13,15H,1-4H3. The lowest BCUT2D eigenvalue weighted by molar-refractivity contribution is 0.696. The predicted molar refractivity (Wildman–Crippen MR) is 73.7 cm³/mol. The second-order valence-corrected chi connectivity index (χ2v) is 5.33. The molecular weight excluding hydrogens is 228 g/mol. The van der Waals surface area contributed by atoms with Crippen LogP contribution < -0.4 is 5.32 Å². The number of hydrogen-bond donors (Lipinski definition) is 1. The number of thiazole rings is 1. The van der Waals surface area contributed by atoms with Crippen LogP contribution in [0.1, 0.15) is 33.3 Å². The van der Waals surface area contributed by atoms with Crippen LogP contribution in [0.3, 0.4) is 0 Å². The van der Waals surface area contributed by atoms with Gasteiger partial charge in [0.05, 0.1) is 17.2 Å². The summed E-state index contributed by atoms with van der Waals surface area (Å²) in [5.41, 5.74) is 6.97. The van der Waals surface area contributed by atoms with Gasteiger partial charge in [0, 0.05) is 4.88 Å². The van der Waals surface area contributed by atoms with Gasteiger partial charge in [0.2, 0.25) is 0 Å². The van der Waals surface area contributed by atoms with Gasteiger partial charge in [-0.3, -0.25) is 0 Å². The summed E-state index contributed by atoms with van der Waals surface area (Å²) in [6.07, 6.45) is 0. The first-order valence-electron chi connectivity index (χ1n) is 5.77. The van der Waals surface area contributed by atoms with Crippen LogP contribution in [-0.4, -0.2) is 12.0 Å². The second kappa shape index (κ2) is 4.98. The largest absolute Gasteiger partial charge is 0.309 e. The average molecular weight is 246 g/mol. The van der Waals surface area contributed by atoms with E-state index in [-0.39, 0.29) is 6.04 Å². The van der Waals surface area contributed by atoms with Crippen molar-refractivity contribution in [3.8, 4) is 0 Å². The summed E-state index contributed by atoms with van der Waals surface area (Å²) in [5, 5.41) is 3.39. The van der Waals surface area contributed by atoms with Gasteiger partial charge in [-0.2, -0.15) is 0 Å². The summed E-state index contributed by atoms with van der Waals surface area (Å²) in [6.45, 7) is 6.35. The SMILES string of the molecule is CNC(c1cc(C)cc(C)c1)c1scnc1C. The van der Waals surface area contributed by atoms with E-state index in [1.807, 2.05) is 12.6 Å². The number of aryl methyl sites for hydroxylation is 3. The molecule has 2 nitrogen and oxygen atoms in total. The van der Waals surface area contributed by atoms with Crippen molar-refractivity contribution in [1.82, 2.24) is 10.3 Å². The van der Waals surface area contributed by atoms with Crippen LogP contribution in [-0.2, 0) is 0 Å². The van der Waals surface area contributed by atoms with E-state index < -0.39 is 0 Å². The van der Waals surface area contributed by atoms with Crippen LogP contribution in [0.5, 0.6) is 0 Å². The molecule has 1 unspecified atom stereocenters. The second-order valence-electron chi connectivity index (χ2n) is 4.44. The van der Waals surface area contributed by atoms with Crippen LogP contribution in [0.25, 0.3) is 0 Å². The Morgan fingerprint density at radius 2 is 1.76 bits per heavy atom. The van der Waals surface area contributed by atoms with Gasteiger partial charge in [0.25, 0.3) is 0 Å². The molecule has 17 heavy (non-hydrogen) atoms. The van der Waals surface area contributed by atoms with Crippen LogP contribution in [0, 0.1) is 20.8 Å². The maximum Gasteiger partial charge on any atom is 0.0798 e. The van der Waals surface area contributed by atoms with Gasteiger partial charge >= 0.3 is 0 Å². The molecule has 1 atom stereocenters. The van der Waals surface area contributed by atoms with Crippen LogP contribution in [0.4, 0.5) is 0 Å². The molecule has 0 bridgehead atoms. The Labute approximate surface area is 107 Å². The molecule has 0 saturated heterocycles. The minimum absolute atomic E-state index is 0.251. The highest BCUT2D eigenvalue weighted by atomic mass is 32.1. The van der Waals surface area contributed by atoms with Crippen LogP contribution in [0.2, 0.25) is 0 Å². The van der Waals surface area contributed by atoms with E-state index in [2.05, 4.69) is 49.3 Å². The van der Waals surface area contributed by atoms with Gasteiger partial charge in [-0.15, -0.1) is 11.3 Å². The molecule has 90 valence electrons. The van der Waals surface area contributed by atoms with Crippen molar-refractivity contribution in [2.24, 2.45) is 0 Å². The summed E-state index contributed by atoms with van der Waals surface area (Å²) >= 11 is 1.72. The molecule has 1 N–H and O–H groups in total. The number of nitrogens with zero attached hydrogens (tertiary/aromatic N) is 1. The first-order chi connectivity index (χ1) is 8.11. The summed E-state index contributed by atoms with van der Waals surface area (Å²) in [7, 11) is 2.00. The van der Waals surface area contributed by atoms with Gasteiger partial charge in [-0.25, -0.2) is 4.98 Å². The summed E-state index contributed by atoms with van der Waals surface area (Å²) in [5.74, 6) is 0. The summed E-state index contributed by atoms with van der Waals surface area (Å²) < 4.78 is 0. The quantitative estimate of drug-likeness (QED) is 0.898. The van der Waals surface area contributed by atoms with Crippen LogP contribution >= 0.6 is 11.3 Å². The highest BCUT2D eigenvalue weighted by Gasteiger charge is 2.16. The lowest BCUT2D eigenvalue weighted by atomic mass is 10.00.